The van der Waals surface area contributed by atoms with Crippen molar-refractivity contribution in [1.82, 2.24) is 4.31 Å². The standard InChI is InChI=1S/C17H16BrNO5S2/c18-13-3-1-12(2-4-13)11-14(17(20)21)15-5-6-16(25-15)26(22,23)19-7-9-24-10-8-19/h1-6,11H,7-10H2,(H,20,21)/b14-11+. The minimum atomic E-state index is -3.63. The van der Waals surface area contributed by atoms with Gasteiger partial charge in [0.05, 0.1) is 18.8 Å². The Balaban J connectivity index is 1.93. The molecular weight excluding hydrogens is 442 g/mol. The van der Waals surface area contributed by atoms with E-state index in [9.17, 15) is 18.3 Å². The van der Waals surface area contributed by atoms with Crippen LogP contribution in [0, 0.1) is 0 Å². The molecule has 0 amide bonds. The van der Waals surface area contributed by atoms with Crippen LogP contribution in [0.5, 0.6) is 0 Å². The number of thiophene rings is 1. The maximum Gasteiger partial charge on any atom is 0.337 e. The molecule has 1 aromatic heterocycles. The lowest BCUT2D eigenvalue weighted by Gasteiger charge is -2.25. The molecule has 0 unspecified atom stereocenters. The summed E-state index contributed by atoms with van der Waals surface area (Å²) < 4.78 is 33.0. The number of halogens is 1. The highest BCUT2D eigenvalue weighted by molar-refractivity contribution is 9.10. The van der Waals surface area contributed by atoms with Gasteiger partial charge in [0.25, 0.3) is 10.0 Å². The monoisotopic (exact) mass is 457 g/mol. The Bertz CT molecular complexity index is 928. The number of carbonyl (C=O) groups is 1. The predicted molar refractivity (Wildman–Crippen MR) is 104 cm³/mol. The number of benzene rings is 1. The number of morpholine rings is 1. The highest BCUT2D eigenvalue weighted by Crippen LogP contribution is 2.31. The fraction of sp³-hybridized carbons (Fsp3) is 0.235. The van der Waals surface area contributed by atoms with Gasteiger partial charge in [-0.05, 0) is 35.9 Å². The molecule has 1 aliphatic rings. The molecule has 9 heteroatoms. The first-order valence-corrected chi connectivity index (χ1v) is 10.8. The topological polar surface area (TPSA) is 83.9 Å². The second-order valence-corrected chi connectivity index (χ2v) is 9.71. The average molecular weight is 458 g/mol. The normalized spacial score (nSPS) is 16.6. The van der Waals surface area contributed by atoms with Crippen molar-refractivity contribution in [3.63, 3.8) is 0 Å². The van der Waals surface area contributed by atoms with E-state index in [1.807, 2.05) is 12.1 Å². The molecule has 0 radical (unpaired) electrons. The molecule has 0 bridgehead atoms. The Morgan fingerprint density at radius 2 is 1.81 bits per heavy atom. The van der Waals surface area contributed by atoms with Gasteiger partial charge >= 0.3 is 5.97 Å². The molecule has 6 nitrogen and oxygen atoms in total. The number of nitrogens with zero attached hydrogens (tertiary/aromatic N) is 1. The number of carboxylic acids is 1. The molecule has 1 saturated heterocycles. The largest absolute Gasteiger partial charge is 0.478 e. The Labute approximate surface area is 163 Å². The van der Waals surface area contributed by atoms with Crippen LogP contribution in [-0.2, 0) is 19.6 Å². The summed E-state index contributed by atoms with van der Waals surface area (Å²) in [5.41, 5.74) is 0.775. The van der Waals surface area contributed by atoms with Crippen molar-refractivity contribution in [3.05, 3.63) is 51.3 Å². The van der Waals surface area contributed by atoms with E-state index >= 15 is 0 Å². The van der Waals surface area contributed by atoms with Gasteiger partial charge < -0.3 is 9.84 Å². The maximum absolute atomic E-state index is 12.7. The van der Waals surface area contributed by atoms with Crippen LogP contribution in [0.3, 0.4) is 0 Å². The number of aliphatic carboxylic acids is 1. The third-order valence-corrected chi connectivity index (χ3v) is 7.84. The van der Waals surface area contributed by atoms with Gasteiger partial charge in [0.2, 0.25) is 0 Å². The molecular formula is C17H16BrNO5S2. The zero-order chi connectivity index (χ0) is 18.7. The number of rotatable bonds is 5. The van der Waals surface area contributed by atoms with Crippen LogP contribution >= 0.6 is 27.3 Å². The summed E-state index contributed by atoms with van der Waals surface area (Å²) in [6.45, 7) is 1.33. The second-order valence-electron chi connectivity index (χ2n) is 5.55. The van der Waals surface area contributed by atoms with Gasteiger partial charge in [-0.3, -0.25) is 0 Å². The van der Waals surface area contributed by atoms with Gasteiger partial charge in [0, 0.05) is 22.4 Å². The third-order valence-electron chi connectivity index (χ3n) is 3.82. The van der Waals surface area contributed by atoms with Crippen LogP contribution in [0.4, 0.5) is 0 Å². The highest BCUT2D eigenvalue weighted by Gasteiger charge is 2.28. The number of carboxylic acid groups (broad SMARTS) is 1. The van der Waals surface area contributed by atoms with E-state index in [4.69, 9.17) is 4.74 Å². The Kier molecular flexibility index (Phi) is 5.93. The van der Waals surface area contributed by atoms with Crippen molar-refractivity contribution in [3.8, 4) is 0 Å². The van der Waals surface area contributed by atoms with Gasteiger partial charge in [0.15, 0.2) is 0 Å². The number of hydrogen-bond donors (Lipinski definition) is 1. The fourth-order valence-electron chi connectivity index (χ4n) is 2.48. The minimum absolute atomic E-state index is 0.0562. The lowest BCUT2D eigenvalue weighted by atomic mass is 10.1. The molecule has 0 saturated carbocycles. The van der Waals surface area contributed by atoms with E-state index in [-0.39, 0.29) is 9.78 Å². The third kappa shape index (κ3) is 4.24. The lowest BCUT2D eigenvalue weighted by Crippen LogP contribution is -2.40. The fourth-order valence-corrected chi connectivity index (χ4v) is 5.62. The van der Waals surface area contributed by atoms with E-state index in [0.717, 1.165) is 21.4 Å². The van der Waals surface area contributed by atoms with E-state index in [1.165, 1.54) is 22.5 Å². The number of sulfonamides is 1. The van der Waals surface area contributed by atoms with E-state index in [2.05, 4.69) is 15.9 Å². The molecule has 2 heterocycles. The van der Waals surface area contributed by atoms with Crippen molar-refractivity contribution in [1.29, 1.82) is 0 Å². The van der Waals surface area contributed by atoms with Gasteiger partial charge in [-0.25, -0.2) is 13.2 Å². The van der Waals surface area contributed by atoms with Gasteiger partial charge in [-0.1, -0.05) is 28.1 Å². The number of ether oxygens (including phenoxy) is 1. The zero-order valence-electron chi connectivity index (χ0n) is 13.6. The van der Waals surface area contributed by atoms with Crippen molar-refractivity contribution in [2.75, 3.05) is 26.3 Å². The van der Waals surface area contributed by atoms with Gasteiger partial charge in [-0.2, -0.15) is 4.31 Å². The summed E-state index contributed by atoms with van der Waals surface area (Å²) in [6, 6.07) is 10.2. The molecule has 3 rings (SSSR count). The van der Waals surface area contributed by atoms with E-state index in [1.54, 1.807) is 12.1 Å². The molecule has 26 heavy (non-hydrogen) atoms. The van der Waals surface area contributed by atoms with Crippen LogP contribution in [-0.4, -0.2) is 50.1 Å². The first kappa shape index (κ1) is 19.2. The minimum Gasteiger partial charge on any atom is -0.478 e. The number of hydrogen-bond acceptors (Lipinski definition) is 5. The van der Waals surface area contributed by atoms with Crippen molar-refractivity contribution < 1.29 is 23.1 Å². The molecule has 1 fully saturated rings. The van der Waals surface area contributed by atoms with Crippen LogP contribution in [0.15, 0.2) is 45.1 Å². The first-order valence-electron chi connectivity index (χ1n) is 7.76. The zero-order valence-corrected chi connectivity index (χ0v) is 16.8. The van der Waals surface area contributed by atoms with Crippen molar-refractivity contribution in [2.24, 2.45) is 0 Å². The molecule has 2 aromatic rings. The van der Waals surface area contributed by atoms with Gasteiger partial charge in [0.1, 0.15) is 4.21 Å². The van der Waals surface area contributed by atoms with Crippen LogP contribution < -0.4 is 0 Å². The van der Waals surface area contributed by atoms with E-state index < -0.39 is 16.0 Å². The molecule has 0 aliphatic carbocycles. The molecule has 1 N–H and O–H groups in total. The van der Waals surface area contributed by atoms with Crippen molar-refractivity contribution >= 4 is 54.9 Å². The molecule has 0 spiro atoms. The predicted octanol–water partition coefficient (Wildman–Crippen LogP) is 3.16. The smallest absolute Gasteiger partial charge is 0.337 e. The summed E-state index contributed by atoms with van der Waals surface area (Å²) in [7, 11) is -3.63. The van der Waals surface area contributed by atoms with Crippen molar-refractivity contribution in [2.45, 2.75) is 4.21 Å². The Morgan fingerprint density at radius 3 is 2.42 bits per heavy atom. The SMILES string of the molecule is O=C(O)/C(=C/c1ccc(Br)cc1)c1ccc(S(=O)(=O)N2CCOCC2)s1. The maximum atomic E-state index is 12.7. The van der Waals surface area contributed by atoms with Gasteiger partial charge in [-0.15, -0.1) is 11.3 Å². The first-order chi connectivity index (χ1) is 12.4. The molecule has 0 atom stereocenters. The molecule has 138 valence electrons. The molecule has 1 aliphatic heterocycles. The second kappa shape index (κ2) is 8.01. The highest BCUT2D eigenvalue weighted by atomic mass is 79.9. The van der Waals surface area contributed by atoms with Crippen LogP contribution in [0.25, 0.3) is 11.6 Å². The van der Waals surface area contributed by atoms with E-state index in [0.29, 0.717) is 31.2 Å². The Morgan fingerprint density at radius 1 is 1.15 bits per heavy atom. The quantitative estimate of drug-likeness (QED) is 0.696. The van der Waals surface area contributed by atoms with Crippen LogP contribution in [0.2, 0.25) is 0 Å². The van der Waals surface area contributed by atoms with Crippen LogP contribution in [0.1, 0.15) is 10.4 Å². The average Bonchev–Trinajstić information content (AvgIpc) is 3.12. The molecule has 1 aromatic carbocycles. The summed E-state index contributed by atoms with van der Waals surface area (Å²) in [5.74, 6) is -1.11. The summed E-state index contributed by atoms with van der Waals surface area (Å²) in [4.78, 5) is 12.1. The lowest BCUT2D eigenvalue weighted by molar-refractivity contribution is -0.130. The summed E-state index contributed by atoms with van der Waals surface area (Å²) in [6.07, 6.45) is 1.53. The Hall–Kier alpha value is -1.52. The summed E-state index contributed by atoms with van der Waals surface area (Å²) in [5, 5.41) is 9.56. The summed E-state index contributed by atoms with van der Waals surface area (Å²) >= 11 is 4.30.